The summed E-state index contributed by atoms with van der Waals surface area (Å²) in [7, 11) is -6.31. The molecular formula is C4H3F4IO5S. The van der Waals surface area contributed by atoms with Crippen molar-refractivity contribution in [3.8, 4) is 0 Å². The van der Waals surface area contributed by atoms with E-state index in [4.69, 9.17) is 4.55 Å². The molecule has 5 nitrogen and oxygen atoms in total. The Balaban J connectivity index is 5.54. The molecule has 90 valence electrons. The molecule has 0 rings (SSSR count). The zero-order chi connectivity index (χ0) is 12.5. The van der Waals surface area contributed by atoms with E-state index in [1.165, 1.54) is 22.6 Å². The second-order valence-electron chi connectivity index (χ2n) is 2.11. The molecule has 0 aromatic carbocycles. The molecule has 0 aliphatic carbocycles. The molecule has 0 heterocycles. The van der Waals surface area contributed by atoms with Crippen molar-refractivity contribution >= 4 is 38.7 Å². The fourth-order valence-corrected chi connectivity index (χ4v) is 1.35. The Kier molecular flexibility index (Phi) is 4.32. The van der Waals surface area contributed by atoms with E-state index >= 15 is 0 Å². The number of ether oxygens (including phenoxy) is 1. The molecule has 1 unspecified atom stereocenters. The monoisotopic (exact) mass is 366 g/mol. The van der Waals surface area contributed by atoms with Gasteiger partial charge >= 0.3 is 27.3 Å². The Morgan fingerprint density at radius 3 is 1.93 bits per heavy atom. The molecule has 11 heteroatoms. The fourth-order valence-electron chi connectivity index (χ4n) is 0.510. The zero-order valence-electron chi connectivity index (χ0n) is 6.59. The second kappa shape index (κ2) is 4.37. The third kappa shape index (κ3) is 2.69. The number of rotatable bonds is 3. The van der Waals surface area contributed by atoms with E-state index in [0.29, 0.717) is 0 Å². The Bertz CT molecular complexity index is 351. The van der Waals surface area contributed by atoms with Crippen molar-refractivity contribution in [1.29, 1.82) is 0 Å². The highest BCUT2D eigenvalue weighted by atomic mass is 127. The van der Waals surface area contributed by atoms with Crippen LogP contribution in [-0.2, 0) is 19.6 Å². The Labute approximate surface area is 94.7 Å². The van der Waals surface area contributed by atoms with Crippen molar-refractivity contribution in [2.45, 2.75) is 11.2 Å². The van der Waals surface area contributed by atoms with Crippen LogP contribution in [0.3, 0.4) is 0 Å². The van der Waals surface area contributed by atoms with Crippen LogP contribution in [0.1, 0.15) is 0 Å². The van der Waals surface area contributed by atoms with Crippen molar-refractivity contribution in [2.24, 2.45) is 0 Å². The summed E-state index contributed by atoms with van der Waals surface area (Å²) in [6.45, 7) is 0. The average molecular weight is 366 g/mol. The first kappa shape index (κ1) is 14.8. The van der Waals surface area contributed by atoms with Gasteiger partial charge in [0.05, 0.1) is 0 Å². The zero-order valence-corrected chi connectivity index (χ0v) is 9.56. The van der Waals surface area contributed by atoms with Crippen LogP contribution < -0.4 is 0 Å². The van der Waals surface area contributed by atoms with Crippen molar-refractivity contribution in [3.63, 3.8) is 0 Å². The number of alkyl halides is 5. The van der Waals surface area contributed by atoms with Gasteiger partial charge in [-0.1, -0.05) is 0 Å². The number of hydrogen-bond donors (Lipinski definition) is 1. The molecule has 0 bridgehead atoms. The number of carbonyl (C=O) groups is 1. The van der Waals surface area contributed by atoms with Crippen molar-refractivity contribution < 1.29 is 40.1 Å². The summed E-state index contributed by atoms with van der Waals surface area (Å²) in [5, 5.41) is -5.45. The van der Waals surface area contributed by atoms with Crippen molar-refractivity contribution in [3.05, 3.63) is 0 Å². The minimum absolute atomic E-state index is 0.701. The second-order valence-corrected chi connectivity index (χ2v) is 4.24. The molecule has 1 N–H and O–H groups in total. The molecule has 0 amide bonds. The third-order valence-electron chi connectivity index (χ3n) is 1.17. The first-order valence-electron chi connectivity index (χ1n) is 2.94. The highest BCUT2D eigenvalue weighted by molar-refractivity contribution is 14.1. The van der Waals surface area contributed by atoms with Crippen LogP contribution >= 0.6 is 22.6 Å². The van der Waals surface area contributed by atoms with Crippen LogP contribution in [0.25, 0.3) is 0 Å². The van der Waals surface area contributed by atoms with Crippen LogP contribution in [0.4, 0.5) is 17.6 Å². The first-order valence-corrected chi connectivity index (χ1v) is 5.91. The molecule has 0 aliphatic rings. The predicted octanol–water partition coefficient (Wildman–Crippen LogP) is 1.04. The van der Waals surface area contributed by atoms with Crippen LogP contribution in [0, 0.1) is 0 Å². The maximum atomic E-state index is 12.9. The number of carbonyl (C=O) groups excluding carboxylic acids is 1. The van der Waals surface area contributed by atoms with Gasteiger partial charge in [0.15, 0.2) is 0 Å². The lowest BCUT2D eigenvalue weighted by molar-refractivity contribution is -0.213. The lowest BCUT2D eigenvalue weighted by atomic mass is 10.4. The number of hydrogen-bond acceptors (Lipinski definition) is 4. The van der Waals surface area contributed by atoms with Crippen molar-refractivity contribution in [2.75, 3.05) is 4.61 Å². The SMILES string of the molecule is O=C(OCI)C(F)(C(F)(F)F)S(=O)(=O)O. The van der Waals surface area contributed by atoms with Crippen LogP contribution in [0.15, 0.2) is 0 Å². The normalized spacial score (nSPS) is 16.9. The molecule has 0 saturated heterocycles. The summed E-state index contributed by atoms with van der Waals surface area (Å²) in [4.78, 5) is 10.5. The molecule has 0 aliphatic heterocycles. The summed E-state index contributed by atoms with van der Waals surface area (Å²) in [5.41, 5.74) is 0. The standard InChI is InChI=1S/C4H3F4IO5S/c5-3(4(6,7)8,15(11,12)13)2(10)14-1-9/h1H2,(H,11,12,13). The van der Waals surface area contributed by atoms with E-state index in [2.05, 4.69) is 4.74 Å². The van der Waals surface area contributed by atoms with E-state index in [1.54, 1.807) is 0 Å². The summed E-state index contributed by atoms with van der Waals surface area (Å²) in [6, 6.07) is 0. The largest absolute Gasteiger partial charge is 0.451 e. The maximum absolute atomic E-state index is 12.9. The fraction of sp³-hybridized carbons (Fsp3) is 0.750. The van der Waals surface area contributed by atoms with Gasteiger partial charge in [0.25, 0.3) is 0 Å². The Hall–Kier alpha value is -0.170. The van der Waals surface area contributed by atoms with Crippen LogP contribution in [0.2, 0.25) is 0 Å². The smallest absolute Gasteiger partial charge is 0.451 e. The minimum atomic E-state index is -6.31. The molecule has 0 saturated carbocycles. The van der Waals surface area contributed by atoms with E-state index in [-0.39, 0.29) is 0 Å². The van der Waals surface area contributed by atoms with E-state index < -0.39 is 31.9 Å². The molecule has 0 spiro atoms. The Morgan fingerprint density at radius 1 is 1.33 bits per heavy atom. The lowest BCUT2D eigenvalue weighted by Gasteiger charge is -2.21. The van der Waals surface area contributed by atoms with Gasteiger partial charge in [0, 0.05) is 0 Å². The highest BCUT2D eigenvalue weighted by Crippen LogP contribution is 2.39. The molecule has 1 atom stereocenters. The summed E-state index contributed by atoms with van der Waals surface area (Å²) in [6.07, 6.45) is -6.12. The maximum Gasteiger partial charge on any atom is 0.451 e. The van der Waals surface area contributed by atoms with E-state index in [0.717, 1.165) is 0 Å². The van der Waals surface area contributed by atoms with E-state index in [9.17, 15) is 30.8 Å². The highest BCUT2D eigenvalue weighted by Gasteiger charge is 2.72. The summed E-state index contributed by atoms with van der Waals surface area (Å²) < 4.78 is 80.1. The van der Waals surface area contributed by atoms with Crippen molar-refractivity contribution in [1.82, 2.24) is 0 Å². The van der Waals surface area contributed by atoms with Gasteiger partial charge in [0.1, 0.15) is 4.61 Å². The molecule has 0 radical (unpaired) electrons. The van der Waals surface area contributed by atoms with Gasteiger partial charge < -0.3 is 4.74 Å². The van der Waals surface area contributed by atoms with Gasteiger partial charge in [-0.3, -0.25) is 4.55 Å². The third-order valence-corrected chi connectivity index (χ3v) is 2.59. The van der Waals surface area contributed by atoms with Gasteiger partial charge in [-0.05, 0) is 22.6 Å². The summed E-state index contributed by atoms with van der Waals surface area (Å²) in [5.74, 6) is -2.73. The molecule has 0 aromatic heterocycles. The quantitative estimate of drug-likeness (QED) is 0.266. The Morgan fingerprint density at radius 2 is 1.73 bits per heavy atom. The molecule has 0 aromatic rings. The molecule has 15 heavy (non-hydrogen) atoms. The number of halogens is 5. The molecular weight excluding hydrogens is 363 g/mol. The van der Waals surface area contributed by atoms with Gasteiger partial charge in [0.2, 0.25) is 0 Å². The number of esters is 1. The average Bonchev–Trinajstić information content (AvgIpc) is 1.99. The predicted molar refractivity (Wildman–Crippen MR) is 46.4 cm³/mol. The minimum Gasteiger partial charge on any atom is -0.451 e. The summed E-state index contributed by atoms with van der Waals surface area (Å²) >= 11 is 1.25. The van der Waals surface area contributed by atoms with Gasteiger partial charge in [-0.15, -0.1) is 0 Å². The molecule has 0 fully saturated rings. The van der Waals surface area contributed by atoms with Crippen LogP contribution in [0.5, 0.6) is 0 Å². The van der Waals surface area contributed by atoms with Gasteiger partial charge in [-0.25, -0.2) is 9.18 Å². The first-order chi connectivity index (χ1) is 6.48. The topological polar surface area (TPSA) is 80.7 Å². The van der Waals surface area contributed by atoms with E-state index in [1.807, 2.05) is 0 Å². The lowest BCUT2D eigenvalue weighted by Crippen LogP contribution is -2.54. The van der Waals surface area contributed by atoms with Gasteiger partial charge in [-0.2, -0.15) is 21.6 Å². The van der Waals surface area contributed by atoms with Crippen LogP contribution in [-0.4, -0.2) is 34.7 Å².